The Labute approximate surface area is 166 Å². The van der Waals surface area contributed by atoms with E-state index in [0.29, 0.717) is 29.2 Å². The molecule has 7 heteroatoms. The summed E-state index contributed by atoms with van der Waals surface area (Å²) in [4.78, 5) is 9.18. The summed E-state index contributed by atoms with van der Waals surface area (Å²) >= 11 is 0. The third-order valence-corrected chi connectivity index (χ3v) is 4.98. The van der Waals surface area contributed by atoms with Crippen LogP contribution in [0.1, 0.15) is 44.2 Å². The number of nitrogens with zero attached hydrogens (tertiary/aromatic N) is 2. The van der Waals surface area contributed by atoms with Gasteiger partial charge in [0.1, 0.15) is 5.82 Å². The Bertz CT molecular complexity index is 764. The molecule has 1 fully saturated rings. The molecule has 1 aliphatic carbocycles. The minimum Gasteiger partial charge on any atom is -0.493 e. The molecule has 1 aromatic carbocycles. The van der Waals surface area contributed by atoms with Gasteiger partial charge in [-0.1, -0.05) is 25.7 Å². The first-order valence-corrected chi connectivity index (χ1v) is 9.82. The van der Waals surface area contributed by atoms with E-state index in [0.717, 1.165) is 17.2 Å². The van der Waals surface area contributed by atoms with Crippen LogP contribution in [-0.2, 0) is 0 Å². The van der Waals surface area contributed by atoms with Crippen LogP contribution in [-0.4, -0.2) is 37.3 Å². The van der Waals surface area contributed by atoms with Crippen LogP contribution in [0.15, 0.2) is 18.2 Å². The van der Waals surface area contributed by atoms with Crippen LogP contribution < -0.4 is 24.8 Å². The lowest BCUT2D eigenvalue weighted by Gasteiger charge is -2.18. The molecule has 2 aromatic rings. The maximum Gasteiger partial charge on any atom is 0.229 e. The highest BCUT2D eigenvalue weighted by molar-refractivity contribution is 5.66. The second kappa shape index (κ2) is 9.48. The number of aromatic nitrogens is 2. The van der Waals surface area contributed by atoms with Gasteiger partial charge in [0.05, 0.1) is 21.3 Å². The molecule has 28 heavy (non-hydrogen) atoms. The van der Waals surface area contributed by atoms with E-state index in [9.17, 15) is 0 Å². The van der Waals surface area contributed by atoms with Crippen LogP contribution >= 0.6 is 0 Å². The van der Waals surface area contributed by atoms with Crippen LogP contribution in [0.25, 0.3) is 0 Å². The van der Waals surface area contributed by atoms with E-state index in [1.54, 1.807) is 21.3 Å². The quantitative estimate of drug-likeness (QED) is 0.669. The van der Waals surface area contributed by atoms with Gasteiger partial charge in [0.15, 0.2) is 11.5 Å². The molecule has 0 atom stereocenters. The fourth-order valence-corrected chi connectivity index (χ4v) is 3.61. The molecular formula is C21H30N4O3. The third kappa shape index (κ3) is 4.97. The predicted molar refractivity (Wildman–Crippen MR) is 111 cm³/mol. The van der Waals surface area contributed by atoms with E-state index < -0.39 is 0 Å². The first-order valence-electron chi connectivity index (χ1n) is 9.82. The van der Waals surface area contributed by atoms with E-state index in [4.69, 9.17) is 14.2 Å². The van der Waals surface area contributed by atoms with Crippen molar-refractivity contribution in [3.8, 4) is 17.2 Å². The van der Waals surface area contributed by atoms with Crippen molar-refractivity contribution in [1.29, 1.82) is 0 Å². The molecule has 3 rings (SSSR count). The summed E-state index contributed by atoms with van der Waals surface area (Å²) in [6.07, 6.45) is 7.60. The second-order valence-corrected chi connectivity index (χ2v) is 7.09. The normalized spacial score (nSPS) is 14.9. The van der Waals surface area contributed by atoms with Crippen molar-refractivity contribution in [1.82, 2.24) is 9.97 Å². The number of ether oxygens (including phenoxy) is 3. The van der Waals surface area contributed by atoms with Gasteiger partial charge in [0.25, 0.3) is 0 Å². The van der Waals surface area contributed by atoms with Crippen molar-refractivity contribution >= 4 is 17.5 Å². The molecular weight excluding hydrogens is 356 g/mol. The van der Waals surface area contributed by atoms with Crippen LogP contribution in [0.4, 0.5) is 17.5 Å². The summed E-state index contributed by atoms with van der Waals surface area (Å²) in [7, 11) is 4.78. The first-order chi connectivity index (χ1) is 13.6. The second-order valence-electron chi connectivity index (χ2n) is 7.09. The molecule has 1 heterocycles. The highest BCUT2D eigenvalue weighted by Crippen LogP contribution is 2.40. The van der Waals surface area contributed by atoms with Gasteiger partial charge in [-0.25, -0.2) is 4.98 Å². The number of benzene rings is 1. The van der Waals surface area contributed by atoms with Crippen molar-refractivity contribution < 1.29 is 14.2 Å². The van der Waals surface area contributed by atoms with Crippen molar-refractivity contribution in [2.75, 3.05) is 32.0 Å². The maximum absolute atomic E-state index is 5.42. The summed E-state index contributed by atoms with van der Waals surface area (Å²) in [5, 5.41) is 6.85. The monoisotopic (exact) mass is 386 g/mol. The summed E-state index contributed by atoms with van der Waals surface area (Å²) in [6.45, 7) is 1.97. The number of aryl methyl sites for hydroxylation is 1. The van der Waals surface area contributed by atoms with Crippen molar-refractivity contribution in [2.45, 2.75) is 51.5 Å². The Morgan fingerprint density at radius 2 is 1.50 bits per heavy atom. The summed E-state index contributed by atoms with van der Waals surface area (Å²) in [6, 6.07) is 6.15. The number of hydrogen-bond donors (Lipinski definition) is 2. The van der Waals surface area contributed by atoms with Gasteiger partial charge in [-0.05, 0) is 19.8 Å². The third-order valence-electron chi connectivity index (χ3n) is 4.98. The Morgan fingerprint density at radius 1 is 0.857 bits per heavy atom. The van der Waals surface area contributed by atoms with Crippen molar-refractivity contribution in [3.63, 3.8) is 0 Å². The summed E-state index contributed by atoms with van der Waals surface area (Å²) in [5.74, 6) is 3.10. The highest BCUT2D eigenvalue weighted by atomic mass is 16.5. The smallest absolute Gasteiger partial charge is 0.229 e. The minimum atomic E-state index is 0.478. The first kappa shape index (κ1) is 20.0. The molecule has 0 unspecified atom stereocenters. The van der Waals surface area contributed by atoms with E-state index in [1.165, 1.54) is 38.5 Å². The average Bonchev–Trinajstić information content (AvgIpc) is 2.95. The fraction of sp³-hybridized carbons (Fsp3) is 0.524. The zero-order valence-electron chi connectivity index (χ0n) is 17.2. The van der Waals surface area contributed by atoms with Gasteiger partial charge in [0.2, 0.25) is 11.7 Å². The van der Waals surface area contributed by atoms with Crippen LogP contribution in [0, 0.1) is 6.92 Å². The van der Waals surface area contributed by atoms with Gasteiger partial charge in [-0.15, -0.1) is 0 Å². The summed E-state index contributed by atoms with van der Waals surface area (Å²) in [5.41, 5.74) is 1.67. The van der Waals surface area contributed by atoms with E-state index in [-0.39, 0.29) is 0 Å². The number of rotatable bonds is 7. The van der Waals surface area contributed by atoms with Gasteiger partial charge < -0.3 is 24.8 Å². The SMILES string of the molecule is COc1cc(Nc2nc(C)cc(NC3CCCCCC3)n2)cc(OC)c1OC. The average molecular weight is 386 g/mol. The molecule has 0 radical (unpaired) electrons. The topological polar surface area (TPSA) is 77.5 Å². The molecule has 0 spiro atoms. The van der Waals surface area contributed by atoms with Gasteiger partial charge >= 0.3 is 0 Å². The lowest BCUT2D eigenvalue weighted by atomic mass is 10.1. The molecule has 1 saturated carbocycles. The molecule has 0 aliphatic heterocycles. The van der Waals surface area contributed by atoms with Crippen molar-refractivity contribution in [2.24, 2.45) is 0 Å². The molecule has 0 amide bonds. The van der Waals surface area contributed by atoms with E-state index in [2.05, 4.69) is 20.6 Å². The highest BCUT2D eigenvalue weighted by Gasteiger charge is 2.16. The van der Waals surface area contributed by atoms with Crippen LogP contribution in [0.5, 0.6) is 17.2 Å². The lowest BCUT2D eigenvalue weighted by molar-refractivity contribution is 0.324. The zero-order valence-corrected chi connectivity index (χ0v) is 17.2. The Balaban J connectivity index is 1.81. The van der Waals surface area contributed by atoms with Gasteiger partial charge in [0, 0.05) is 35.6 Å². The zero-order chi connectivity index (χ0) is 19.9. The van der Waals surface area contributed by atoms with Crippen molar-refractivity contribution in [3.05, 3.63) is 23.9 Å². The molecule has 152 valence electrons. The molecule has 1 aliphatic rings. The molecule has 0 bridgehead atoms. The fourth-order valence-electron chi connectivity index (χ4n) is 3.61. The maximum atomic E-state index is 5.42. The van der Waals surface area contributed by atoms with Gasteiger partial charge in [-0.2, -0.15) is 4.98 Å². The van der Waals surface area contributed by atoms with Gasteiger partial charge in [-0.3, -0.25) is 0 Å². The molecule has 7 nitrogen and oxygen atoms in total. The number of anilines is 3. The number of nitrogens with one attached hydrogen (secondary N) is 2. The Morgan fingerprint density at radius 3 is 2.07 bits per heavy atom. The van der Waals surface area contributed by atoms with Crippen LogP contribution in [0.2, 0.25) is 0 Å². The Kier molecular flexibility index (Phi) is 6.79. The minimum absolute atomic E-state index is 0.478. The summed E-state index contributed by atoms with van der Waals surface area (Å²) < 4.78 is 16.2. The van der Waals surface area contributed by atoms with E-state index >= 15 is 0 Å². The molecule has 2 N–H and O–H groups in total. The largest absolute Gasteiger partial charge is 0.493 e. The standard InChI is InChI=1S/C21H30N4O3/c1-14-11-19(23-15-9-7-5-6-8-10-15)25-21(22-14)24-16-12-17(26-2)20(28-4)18(13-16)27-3/h11-13,15H,5-10H2,1-4H3,(H2,22,23,24,25). The number of methoxy groups -OCH3 is 3. The van der Waals surface area contributed by atoms with E-state index in [1.807, 2.05) is 25.1 Å². The molecule has 1 aromatic heterocycles. The number of hydrogen-bond acceptors (Lipinski definition) is 7. The lowest BCUT2D eigenvalue weighted by Crippen LogP contribution is -2.19. The Hall–Kier alpha value is -2.70. The molecule has 0 saturated heterocycles. The predicted octanol–water partition coefficient (Wildman–Crippen LogP) is 4.69. The van der Waals surface area contributed by atoms with Crippen LogP contribution in [0.3, 0.4) is 0 Å².